The van der Waals surface area contributed by atoms with Crippen molar-refractivity contribution in [1.29, 1.82) is 0 Å². The van der Waals surface area contributed by atoms with E-state index in [2.05, 4.69) is 33.5 Å². The number of hydrogen-bond acceptors (Lipinski definition) is 4. The number of aromatic nitrogens is 3. The summed E-state index contributed by atoms with van der Waals surface area (Å²) in [6, 6.07) is 2.50. The number of carbonyl (C=O) groups excluding carboxylic acids is 1. The van der Waals surface area contributed by atoms with E-state index in [1.165, 1.54) is 6.08 Å². The van der Waals surface area contributed by atoms with Gasteiger partial charge >= 0.3 is 0 Å². The zero-order valence-electron chi connectivity index (χ0n) is 13.3. The van der Waals surface area contributed by atoms with Crippen molar-refractivity contribution in [3.63, 3.8) is 0 Å². The average Bonchev–Trinajstić information content (AvgIpc) is 3.26. The largest absolute Gasteiger partial charge is 0.356 e. The third kappa shape index (κ3) is 2.29. The number of H-pyrrole nitrogens is 1. The van der Waals surface area contributed by atoms with Gasteiger partial charge < -0.3 is 14.8 Å². The van der Waals surface area contributed by atoms with Crippen LogP contribution in [0.5, 0.6) is 0 Å². The normalized spacial score (nSPS) is 26.5. The van der Waals surface area contributed by atoms with Gasteiger partial charge in [-0.1, -0.05) is 6.58 Å². The van der Waals surface area contributed by atoms with E-state index in [-0.39, 0.29) is 5.91 Å². The summed E-state index contributed by atoms with van der Waals surface area (Å²) in [5.74, 6) is 2.24. The first kappa shape index (κ1) is 14.2. The Morgan fingerprint density at radius 2 is 2.13 bits per heavy atom. The van der Waals surface area contributed by atoms with Crippen molar-refractivity contribution in [2.75, 3.05) is 25.0 Å². The fourth-order valence-electron chi connectivity index (χ4n) is 4.21. The standard InChI is InChI=1S/C17H21N5O/c1-3-15(23)22-8-11-6-13(7-12(11)9-22)21(2)17-14-4-5-18-16(14)19-10-20-17/h3-5,10-13H,1,6-9H2,2H3,(H,18,19,20)/t11-,12+,13-. The summed E-state index contributed by atoms with van der Waals surface area (Å²) in [4.78, 5) is 27.9. The molecule has 1 N–H and O–H groups in total. The number of rotatable bonds is 3. The Morgan fingerprint density at radius 1 is 1.39 bits per heavy atom. The molecule has 6 heteroatoms. The third-order valence-electron chi connectivity index (χ3n) is 5.43. The van der Waals surface area contributed by atoms with Crippen LogP contribution in [-0.4, -0.2) is 51.9 Å². The average molecular weight is 311 g/mol. The van der Waals surface area contributed by atoms with Gasteiger partial charge in [-0.3, -0.25) is 4.79 Å². The molecule has 4 rings (SSSR count). The molecule has 23 heavy (non-hydrogen) atoms. The number of amides is 1. The predicted octanol–water partition coefficient (Wildman–Crippen LogP) is 1.82. The van der Waals surface area contributed by atoms with Crippen LogP contribution in [0.4, 0.5) is 5.82 Å². The topological polar surface area (TPSA) is 65.1 Å². The summed E-state index contributed by atoms with van der Waals surface area (Å²) in [6.07, 6.45) is 7.16. The van der Waals surface area contributed by atoms with Gasteiger partial charge in [-0.25, -0.2) is 9.97 Å². The van der Waals surface area contributed by atoms with Gasteiger partial charge in [0.25, 0.3) is 0 Å². The zero-order valence-corrected chi connectivity index (χ0v) is 13.3. The van der Waals surface area contributed by atoms with E-state index in [0.29, 0.717) is 17.9 Å². The Hall–Kier alpha value is -2.37. The maximum Gasteiger partial charge on any atom is 0.245 e. The van der Waals surface area contributed by atoms with Gasteiger partial charge in [0.1, 0.15) is 17.8 Å². The molecule has 2 aromatic rings. The lowest BCUT2D eigenvalue weighted by Gasteiger charge is -2.27. The minimum absolute atomic E-state index is 0.0640. The molecule has 0 bridgehead atoms. The van der Waals surface area contributed by atoms with E-state index in [4.69, 9.17) is 0 Å². The molecule has 2 aromatic heterocycles. The summed E-state index contributed by atoms with van der Waals surface area (Å²) >= 11 is 0. The third-order valence-corrected chi connectivity index (χ3v) is 5.43. The molecule has 0 radical (unpaired) electrons. The summed E-state index contributed by atoms with van der Waals surface area (Å²) in [7, 11) is 2.12. The number of nitrogens with one attached hydrogen (secondary N) is 1. The Labute approximate surface area is 135 Å². The van der Waals surface area contributed by atoms with Crippen molar-refractivity contribution in [3.8, 4) is 0 Å². The molecule has 3 heterocycles. The lowest BCUT2D eigenvalue weighted by molar-refractivity contribution is -0.125. The summed E-state index contributed by atoms with van der Waals surface area (Å²) in [5.41, 5.74) is 0.878. The number of nitrogens with zero attached hydrogens (tertiary/aromatic N) is 4. The quantitative estimate of drug-likeness (QED) is 0.878. The van der Waals surface area contributed by atoms with Crippen molar-refractivity contribution in [3.05, 3.63) is 31.2 Å². The molecule has 1 saturated heterocycles. The number of hydrogen-bond donors (Lipinski definition) is 1. The van der Waals surface area contributed by atoms with Crippen LogP contribution in [0.2, 0.25) is 0 Å². The van der Waals surface area contributed by atoms with Crippen LogP contribution in [0.1, 0.15) is 12.8 Å². The number of carbonyl (C=O) groups is 1. The Morgan fingerprint density at radius 3 is 2.83 bits per heavy atom. The van der Waals surface area contributed by atoms with E-state index >= 15 is 0 Å². The maximum absolute atomic E-state index is 11.8. The lowest BCUT2D eigenvalue weighted by atomic mass is 10.0. The lowest BCUT2D eigenvalue weighted by Crippen LogP contribution is -2.34. The van der Waals surface area contributed by atoms with E-state index < -0.39 is 0 Å². The molecular formula is C17H21N5O. The highest BCUT2D eigenvalue weighted by Crippen LogP contribution is 2.41. The molecule has 0 spiro atoms. The Balaban J connectivity index is 1.50. The second-order valence-corrected chi connectivity index (χ2v) is 6.64. The van der Waals surface area contributed by atoms with Crippen LogP contribution in [0, 0.1) is 11.8 Å². The molecule has 0 unspecified atom stereocenters. The highest BCUT2D eigenvalue weighted by molar-refractivity contribution is 5.88. The van der Waals surface area contributed by atoms with Gasteiger partial charge in [0, 0.05) is 32.4 Å². The SMILES string of the molecule is C=CC(=O)N1C[C@H]2C[C@@H](N(C)c3ncnc4[nH]ccc34)C[C@H]2C1. The summed E-state index contributed by atoms with van der Waals surface area (Å²) < 4.78 is 0. The summed E-state index contributed by atoms with van der Waals surface area (Å²) in [5, 5.41) is 1.07. The number of anilines is 1. The maximum atomic E-state index is 11.8. The molecule has 0 aromatic carbocycles. The first-order chi connectivity index (χ1) is 11.2. The first-order valence-electron chi connectivity index (χ1n) is 8.09. The second-order valence-electron chi connectivity index (χ2n) is 6.64. The van der Waals surface area contributed by atoms with Crippen molar-refractivity contribution in [2.45, 2.75) is 18.9 Å². The van der Waals surface area contributed by atoms with Gasteiger partial charge in [-0.05, 0) is 36.8 Å². The minimum Gasteiger partial charge on any atom is -0.356 e. The molecule has 1 aliphatic heterocycles. The predicted molar refractivity (Wildman–Crippen MR) is 89.1 cm³/mol. The van der Waals surface area contributed by atoms with Crippen molar-refractivity contribution >= 4 is 22.8 Å². The molecule has 2 aliphatic rings. The fraction of sp³-hybridized carbons (Fsp3) is 0.471. The van der Waals surface area contributed by atoms with Gasteiger partial charge in [-0.2, -0.15) is 0 Å². The van der Waals surface area contributed by atoms with Crippen molar-refractivity contribution < 1.29 is 4.79 Å². The zero-order chi connectivity index (χ0) is 16.0. The highest BCUT2D eigenvalue weighted by Gasteiger charge is 2.43. The number of fused-ring (bicyclic) bond motifs is 2. The minimum atomic E-state index is 0.0640. The molecule has 1 saturated carbocycles. The van der Waals surface area contributed by atoms with E-state index in [9.17, 15) is 4.79 Å². The molecule has 120 valence electrons. The van der Waals surface area contributed by atoms with E-state index in [1.54, 1.807) is 6.33 Å². The van der Waals surface area contributed by atoms with E-state index in [1.807, 2.05) is 17.2 Å². The van der Waals surface area contributed by atoms with Crippen LogP contribution >= 0.6 is 0 Å². The Kier molecular flexibility index (Phi) is 3.32. The van der Waals surface area contributed by atoms with Crippen LogP contribution in [-0.2, 0) is 4.79 Å². The number of aromatic amines is 1. The van der Waals surface area contributed by atoms with Gasteiger partial charge in [0.05, 0.1) is 5.39 Å². The molecule has 6 nitrogen and oxygen atoms in total. The summed E-state index contributed by atoms with van der Waals surface area (Å²) in [6.45, 7) is 5.32. The van der Waals surface area contributed by atoms with Gasteiger partial charge in [0.2, 0.25) is 5.91 Å². The molecular weight excluding hydrogens is 290 g/mol. The Bertz CT molecular complexity index is 740. The van der Waals surface area contributed by atoms with Crippen LogP contribution in [0.25, 0.3) is 11.0 Å². The monoisotopic (exact) mass is 311 g/mol. The molecule has 1 aliphatic carbocycles. The van der Waals surface area contributed by atoms with Crippen LogP contribution < -0.4 is 4.90 Å². The molecule has 1 amide bonds. The van der Waals surface area contributed by atoms with E-state index in [0.717, 1.165) is 42.8 Å². The smallest absolute Gasteiger partial charge is 0.245 e. The van der Waals surface area contributed by atoms with Crippen LogP contribution in [0.15, 0.2) is 31.2 Å². The first-order valence-corrected chi connectivity index (χ1v) is 8.09. The van der Waals surface area contributed by atoms with Crippen molar-refractivity contribution in [1.82, 2.24) is 19.9 Å². The van der Waals surface area contributed by atoms with Gasteiger partial charge in [-0.15, -0.1) is 0 Å². The molecule has 2 fully saturated rings. The van der Waals surface area contributed by atoms with Crippen LogP contribution in [0.3, 0.4) is 0 Å². The highest BCUT2D eigenvalue weighted by atomic mass is 16.2. The van der Waals surface area contributed by atoms with Gasteiger partial charge in [0.15, 0.2) is 0 Å². The van der Waals surface area contributed by atoms with Crippen molar-refractivity contribution in [2.24, 2.45) is 11.8 Å². The fourth-order valence-corrected chi connectivity index (χ4v) is 4.21. The second kappa shape index (κ2) is 5.37. The number of likely N-dealkylation sites (tertiary alicyclic amines) is 1. The molecule has 3 atom stereocenters.